The van der Waals surface area contributed by atoms with Crippen molar-refractivity contribution < 1.29 is 57.1 Å². The minimum Gasteiger partial charge on any atom is -0.469 e. The van der Waals surface area contributed by atoms with E-state index < -0.39 is 54.6 Å². The molecule has 1 aliphatic heterocycles. The summed E-state index contributed by atoms with van der Waals surface area (Å²) in [6.45, 7) is 4.47. The number of esters is 5. The first-order chi connectivity index (χ1) is 15.5. The second kappa shape index (κ2) is 14.4. The average molecular weight is 476 g/mol. The van der Waals surface area contributed by atoms with Gasteiger partial charge >= 0.3 is 29.8 Å². The molecule has 0 aromatic carbocycles. The van der Waals surface area contributed by atoms with Gasteiger partial charge in [-0.2, -0.15) is 0 Å². The smallest absolute Gasteiger partial charge is 0.305 e. The fourth-order valence-corrected chi connectivity index (χ4v) is 3.17. The minimum atomic E-state index is -1.27. The van der Waals surface area contributed by atoms with E-state index in [1.165, 1.54) is 14.0 Å². The summed E-state index contributed by atoms with van der Waals surface area (Å²) in [5, 5.41) is 0. The second-order valence-corrected chi connectivity index (χ2v) is 7.33. The number of methoxy groups -OCH3 is 1. The van der Waals surface area contributed by atoms with Gasteiger partial charge in [0.15, 0.2) is 24.6 Å². The van der Waals surface area contributed by atoms with Crippen LogP contribution in [-0.4, -0.2) is 80.9 Å². The normalized spacial score (nSPS) is 24.3. The summed E-state index contributed by atoms with van der Waals surface area (Å²) in [7, 11) is 1.32. The molecular formula is C21H32O12. The fraction of sp³-hybridized carbons (Fsp3) is 0.762. The Hall–Kier alpha value is -2.73. The summed E-state index contributed by atoms with van der Waals surface area (Å²) in [6.07, 6.45) is -3.94. The molecule has 0 aromatic rings. The van der Waals surface area contributed by atoms with Crippen LogP contribution >= 0.6 is 0 Å². The number of ether oxygens (including phenoxy) is 7. The fourth-order valence-electron chi connectivity index (χ4n) is 3.17. The molecule has 5 atom stereocenters. The van der Waals surface area contributed by atoms with Crippen molar-refractivity contribution >= 4 is 29.8 Å². The van der Waals surface area contributed by atoms with Gasteiger partial charge < -0.3 is 33.2 Å². The van der Waals surface area contributed by atoms with E-state index in [4.69, 9.17) is 28.4 Å². The van der Waals surface area contributed by atoms with Crippen LogP contribution in [0.25, 0.3) is 0 Å². The molecule has 0 aromatic heterocycles. The molecule has 1 heterocycles. The molecule has 0 amide bonds. The van der Waals surface area contributed by atoms with Crippen LogP contribution in [0.1, 0.15) is 53.4 Å². The third-order valence-electron chi connectivity index (χ3n) is 4.48. The minimum absolute atomic E-state index is 0.162. The Bertz CT molecular complexity index is 691. The van der Waals surface area contributed by atoms with Crippen LogP contribution in [0.2, 0.25) is 0 Å². The first kappa shape index (κ1) is 28.3. The molecule has 0 radical (unpaired) electrons. The van der Waals surface area contributed by atoms with E-state index in [1.54, 1.807) is 0 Å². The van der Waals surface area contributed by atoms with E-state index >= 15 is 0 Å². The highest BCUT2D eigenvalue weighted by atomic mass is 16.7. The van der Waals surface area contributed by atoms with Crippen LogP contribution in [0.4, 0.5) is 0 Å². The lowest BCUT2D eigenvalue weighted by molar-refractivity contribution is -0.308. The maximum absolute atomic E-state index is 11.8. The Kier molecular flexibility index (Phi) is 12.4. The van der Waals surface area contributed by atoms with E-state index in [1.807, 2.05) is 0 Å². The summed E-state index contributed by atoms with van der Waals surface area (Å²) in [5.74, 6) is -3.04. The molecule has 1 rings (SSSR count). The molecule has 0 saturated carbocycles. The zero-order valence-electron chi connectivity index (χ0n) is 19.5. The molecule has 12 heteroatoms. The molecule has 1 saturated heterocycles. The second-order valence-electron chi connectivity index (χ2n) is 7.33. The van der Waals surface area contributed by atoms with Gasteiger partial charge in [-0.25, -0.2) is 0 Å². The van der Waals surface area contributed by atoms with Crippen molar-refractivity contribution in [1.82, 2.24) is 0 Å². The van der Waals surface area contributed by atoms with E-state index in [0.717, 1.165) is 20.8 Å². The highest BCUT2D eigenvalue weighted by Gasteiger charge is 2.52. The Morgan fingerprint density at radius 3 is 1.85 bits per heavy atom. The van der Waals surface area contributed by atoms with Crippen LogP contribution in [0.3, 0.4) is 0 Å². The number of rotatable bonds is 12. The van der Waals surface area contributed by atoms with Crippen molar-refractivity contribution in [2.45, 2.75) is 84.1 Å². The first-order valence-electron chi connectivity index (χ1n) is 10.5. The number of carbonyl (C=O) groups is 5. The Balaban J connectivity index is 3.00. The van der Waals surface area contributed by atoms with Crippen LogP contribution < -0.4 is 0 Å². The Morgan fingerprint density at radius 2 is 1.30 bits per heavy atom. The molecule has 1 aliphatic rings. The van der Waals surface area contributed by atoms with Crippen molar-refractivity contribution in [3.63, 3.8) is 0 Å². The Labute approximate surface area is 192 Å². The van der Waals surface area contributed by atoms with Crippen LogP contribution in [0.15, 0.2) is 0 Å². The Morgan fingerprint density at radius 1 is 0.727 bits per heavy atom. The average Bonchev–Trinajstić information content (AvgIpc) is 2.71. The lowest BCUT2D eigenvalue weighted by Gasteiger charge is -2.44. The number of carbonyl (C=O) groups excluding carboxylic acids is 5. The summed E-state index contributed by atoms with van der Waals surface area (Å²) in [6, 6.07) is 0. The molecule has 1 fully saturated rings. The van der Waals surface area contributed by atoms with Crippen molar-refractivity contribution in [2.24, 2.45) is 0 Å². The number of unbranched alkanes of at least 4 members (excludes halogenated alkanes) is 2. The van der Waals surface area contributed by atoms with E-state index in [9.17, 15) is 24.0 Å². The quantitative estimate of drug-likeness (QED) is 0.223. The summed E-state index contributed by atoms with van der Waals surface area (Å²) < 4.78 is 37.0. The standard InChI is InChI=1S/C21H32O12/c1-12(22)29-11-16-18(30-13(2)23)19(31-14(3)24)20(32-15(4)25)21(33-16)28-10-8-6-7-9-17(26)27-5/h16,18-21H,6-11H2,1-5H3/t16-,18+,19+,20-,21-/m1/s1. The van der Waals surface area contributed by atoms with Gasteiger partial charge in [-0.1, -0.05) is 6.42 Å². The molecule has 188 valence electrons. The van der Waals surface area contributed by atoms with Gasteiger partial charge in [-0.05, 0) is 12.8 Å². The van der Waals surface area contributed by atoms with Crippen LogP contribution in [-0.2, 0) is 57.1 Å². The SMILES string of the molecule is COC(=O)CCCCCO[C@@H]1O[C@H](COC(C)=O)[C@H](OC(C)=O)[C@H](OC(C)=O)[C@H]1OC(C)=O. The number of hydrogen-bond donors (Lipinski definition) is 0. The van der Waals surface area contributed by atoms with Crippen LogP contribution in [0, 0.1) is 0 Å². The molecule has 0 spiro atoms. The topological polar surface area (TPSA) is 150 Å². The monoisotopic (exact) mass is 476 g/mol. The third-order valence-corrected chi connectivity index (χ3v) is 4.48. The molecule has 0 bridgehead atoms. The largest absolute Gasteiger partial charge is 0.469 e. The van der Waals surface area contributed by atoms with Crippen molar-refractivity contribution in [3.8, 4) is 0 Å². The summed E-state index contributed by atoms with van der Waals surface area (Å²) >= 11 is 0. The zero-order valence-corrected chi connectivity index (χ0v) is 19.5. The van der Waals surface area contributed by atoms with Gasteiger partial charge in [0.05, 0.1) is 7.11 Å². The number of hydrogen-bond acceptors (Lipinski definition) is 12. The van der Waals surface area contributed by atoms with Crippen molar-refractivity contribution in [2.75, 3.05) is 20.3 Å². The summed E-state index contributed by atoms with van der Waals surface area (Å²) in [4.78, 5) is 57.6. The van der Waals surface area contributed by atoms with Crippen LogP contribution in [0.5, 0.6) is 0 Å². The lowest BCUT2D eigenvalue weighted by Crippen LogP contribution is -2.63. The maximum atomic E-state index is 11.8. The molecule has 12 nitrogen and oxygen atoms in total. The van der Waals surface area contributed by atoms with Gasteiger partial charge in [0.2, 0.25) is 0 Å². The van der Waals surface area contributed by atoms with E-state index in [-0.39, 0.29) is 25.6 Å². The zero-order chi connectivity index (χ0) is 25.0. The molecular weight excluding hydrogens is 444 g/mol. The highest BCUT2D eigenvalue weighted by Crippen LogP contribution is 2.30. The predicted molar refractivity (Wildman–Crippen MR) is 108 cm³/mol. The third kappa shape index (κ3) is 10.6. The van der Waals surface area contributed by atoms with E-state index in [2.05, 4.69) is 4.74 Å². The van der Waals surface area contributed by atoms with Gasteiger partial charge in [-0.3, -0.25) is 24.0 Å². The molecule has 0 aliphatic carbocycles. The predicted octanol–water partition coefficient (Wildman–Crippen LogP) is 0.820. The maximum Gasteiger partial charge on any atom is 0.305 e. The van der Waals surface area contributed by atoms with Crippen molar-refractivity contribution in [3.05, 3.63) is 0 Å². The van der Waals surface area contributed by atoms with E-state index in [0.29, 0.717) is 19.3 Å². The lowest BCUT2D eigenvalue weighted by atomic mass is 9.98. The van der Waals surface area contributed by atoms with Gasteiger partial charge in [0.1, 0.15) is 12.7 Å². The van der Waals surface area contributed by atoms with Gasteiger partial charge in [0, 0.05) is 40.7 Å². The van der Waals surface area contributed by atoms with Crippen molar-refractivity contribution in [1.29, 1.82) is 0 Å². The molecule has 0 N–H and O–H groups in total. The summed E-state index contributed by atoms with van der Waals surface area (Å²) in [5.41, 5.74) is 0. The molecule has 0 unspecified atom stereocenters. The highest BCUT2D eigenvalue weighted by molar-refractivity contribution is 5.69. The first-order valence-corrected chi connectivity index (χ1v) is 10.5. The molecule has 33 heavy (non-hydrogen) atoms. The van der Waals surface area contributed by atoms with Gasteiger partial charge in [0.25, 0.3) is 0 Å². The van der Waals surface area contributed by atoms with Gasteiger partial charge in [-0.15, -0.1) is 0 Å².